The Kier molecular flexibility index (Phi) is 2.43. The highest BCUT2D eigenvalue weighted by atomic mass is 16.5. The predicted molar refractivity (Wildman–Crippen MR) is 64.4 cm³/mol. The Morgan fingerprint density at radius 3 is 3.06 bits per heavy atom. The number of fused-ring (bicyclic) bond motifs is 1. The fourth-order valence-corrected chi connectivity index (χ4v) is 2.32. The van der Waals surface area contributed by atoms with Crippen LogP contribution in [0.4, 0.5) is 5.82 Å². The number of rotatable bonds is 2. The van der Waals surface area contributed by atoms with E-state index < -0.39 is 0 Å². The molecule has 0 atom stereocenters. The summed E-state index contributed by atoms with van der Waals surface area (Å²) in [5.41, 5.74) is 2.92. The first-order valence-electron chi connectivity index (χ1n) is 5.94. The second kappa shape index (κ2) is 3.97. The molecule has 0 aromatic carbocycles. The normalized spacial score (nSPS) is 13.7. The minimum atomic E-state index is -0.284. The van der Waals surface area contributed by atoms with Crippen molar-refractivity contribution in [2.45, 2.75) is 26.2 Å². The van der Waals surface area contributed by atoms with Gasteiger partial charge in [0.05, 0.1) is 11.4 Å². The van der Waals surface area contributed by atoms with Crippen LogP contribution in [-0.2, 0) is 19.9 Å². The van der Waals surface area contributed by atoms with E-state index in [1.54, 1.807) is 17.7 Å². The van der Waals surface area contributed by atoms with Crippen molar-refractivity contribution in [1.82, 2.24) is 14.9 Å². The molecule has 3 rings (SSSR count). The quantitative estimate of drug-likeness (QED) is 0.870. The maximum absolute atomic E-state index is 12.0. The maximum atomic E-state index is 12.0. The van der Waals surface area contributed by atoms with Gasteiger partial charge in [0.1, 0.15) is 5.82 Å². The van der Waals surface area contributed by atoms with E-state index in [4.69, 9.17) is 4.52 Å². The molecule has 94 valence electrons. The summed E-state index contributed by atoms with van der Waals surface area (Å²) in [6.07, 6.45) is 3.05. The third-order valence-electron chi connectivity index (χ3n) is 3.15. The first-order chi connectivity index (χ1) is 8.65. The van der Waals surface area contributed by atoms with Crippen molar-refractivity contribution in [2.75, 3.05) is 5.32 Å². The van der Waals surface area contributed by atoms with Crippen LogP contribution in [0.15, 0.2) is 10.6 Å². The number of anilines is 1. The molecule has 1 aliphatic carbocycles. The number of nitrogens with one attached hydrogen (secondary N) is 1. The largest absolute Gasteiger partial charge is 0.351 e. The molecule has 0 bridgehead atoms. The Balaban J connectivity index is 1.87. The van der Waals surface area contributed by atoms with Crippen molar-refractivity contribution < 1.29 is 9.32 Å². The topological polar surface area (TPSA) is 73.0 Å². The van der Waals surface area contributed by atoms with Gasteiger partial charge in [0, 0.05) is 18.7 Å². The van der Waals surface area contributed by atoms with Crippen LogP contribution < -0.4 is 5.32 Å². The summed E-state index contributed by atoms with van der Waals surface area (Å²) in [7, 11) is 1.83. The van der Waals surface area contributed by atoms with Crippen molar-refractivity contribution in [3.63, 3.8) is 0 Å². The number of hydrogen-bond donors (Lipinski definition) is 1. The monoisotopic (exact) mass is 246 g/mol. The fourth-order valence-electron chi connectivity index (χ4n) is 2.32. The Labute approximate surface area is 104 Å². The molecule has 6 heteroatoms. The number of aromatic nitrogens is 3. The van der Waals surface area contributed by atoms with E-state index >= 15 is 0 Å². The van der Waals surface area contributed by atoms with Crippen molar-refractivity contribution in [2.24, 2.45) is 7.05 Å². The Morgan fingerprint density at radius 1 is 1.50 bits per heavy atom. The van der Waals surface area contributed by atoms with Crippen molar-refractivity contribution in [3.8, 4) is 0 Å². The average molecular weight is 246 g/mol. The maximum Gasteiger partial charge on any atom is 0.295 e. The Hall–Kier alpha value is -2.11. The zero-order valence-electron chi connectivity index (χ0n) is 10.4. The highest BCUT2D eigenvalue weighted by Crippen LogP contribution is 2.28. The lowest BCUT2D eigenvalue weighted by Gasteiger charge is -2.05. The Bertz CT molecular complexity index is 612. The molecule has 0 saturated carbocycles. The third kappa shape index (κ3) is 1.70. The number of amides is 1. The molecule has 0 radical (unpaired) electrons. The van der Waals surface area contributed by atoms with E-state index in [1.165, 1.54) is 0 Å². The molecule has 0 saturated heterocycles. The molecule has 0 fully saturated rings. The molecule has 1 N–H and O–H groups in total. The molecule has 2 aromatic heterocycles. The van der Waals surface area contributed by atoms with Crippen LogP contribution in [0.2, 0.25) is 0 Å². The molecule has 2 heterocycles. The SMILES string of the molecule is Cc1cc(C(=O)Nc2c3c(nn2C)CCC3)on1. The van der Waals surface area contributed by atoms with Crippen molar-refractivity contribution in [3.05, 3.63) is 28.8 Å². The van der Waals surface area contributed by atoms with Crippen LogP contribution >= 0.6 is 0 Å². The number of aryl methyl sites for hydroxylation is 3. The summed E-state index contributed by atoms with van der Waals surface area (Å²) in [5, 5.41) is 11.0. The van der Waals surface area contributed by atoms with Gasteiger partial charge >= 0.3 is 0 Å². The van der Waals surface area contributed by atoms with Gasteiger partial charge in [-0.15, -0.1) is 0 Å². The minimum absolute atomic E-state index is 0.223. The lowest BCUT2D eigenvalue weighted by molar-refractivity contribution is 0.0987. The lowest BCUT2D eigenvalue weighted by Crippen LogP contribution is -2.15. The van der Waals surface area contributed by atoms with Gasteiger partial charge in [0.15, 0.2) is 0 Å². The number of carbonyl (C=O) groups excluding carboxylic acids is 1. The second-order valence-electron chi connectivity index (χ2n) is 4.54. The van der Waals surface area contributed by atoms with Crippen LogP contribution in [0.3, 0.4) is 0 Å². The fraction of sp³-hybridized carbons (Fsp3) is 0.417. The summed E-state index contributed by atoms with van der Waals surface area (Å²) in [5.74, 6) is 0.704. The average Bonchev–Trinajstić information content (AvgIpc) is 2.99. The highest BCUT2D eigenvalue weighted by Gasteiger charge is 2.23. The first-order valence-corrected chi connectivity index (χ1v) is 5.94. The number of carbonyl (C=O) groups is 1. The third-order valence-corrected chi connectivity index (χ3v) is 3.15. The highest BCUT2D eigenvalue weighted by molar-refractivity contribution is 6.02. The molecule has 1 amide bonds. The van der Waals surface area contributed by atoms with Crippen LogP contribution in [0.25, 0.3) is 0 Å². The molecule has 0 spiro atoms. The standard InChI is InChI=1S/C12H14N4O2/c1-7-6-10(18-15-7)12(17)13-11-8-4-3-5-9(8)14-16(11)2/h6H,3-5H2,1-2H3,(H,13,17). The first kappa shape index (κ1) is 11.0. The summed E-state index contributed by atoms with van der Waals surface area (Å²) in [4.78, 5) is 12.0. The van der Waals surface area contributed by atoms with Crippen molar-refractivity contribution >= 4 is 11.7 Å². The van der Waals surface area contributed by atoms with Crippen LogP contribution in [0.1, 0.15) is 33.9 Å². The van der Waals surface area contributed by atoms with Crippen LogP contribution in [0.5, 0.6) is 0 Å². The van der Waals surface area contributed by atoms with Gasteiger partial charge in [0.2, 0.25) is 5.76 Å². The van der Waals surface area contributed by atoms with E-state index in [2.05, 4.69) is 15.6 Å². The van der Waals surface area contributed by atoms with Gasteiger partial charge < -0.3 is 9.84 Å². The van der Waals surface area contributed by atoms with E-state index in [1.807, 2.05) is 7.05 Å². The second-order valence-corrected chi connectivity index (χ2v) is 4.54. The van der Waals surface area contributed by atoms with Crippen molar-refractivity contribution in [1.29, 1.82) is 0 Å². The van der Waals surface area contributed by atoms with E-state index in [-0.39, 0.29) is 11.7 Å². The molecule has 1 aliphatic rings. The van der Waals surface area contributed by atoms with Gasteiger partial charge in [-0.05, 0) is 26.2 Å². The lowest BCUT2D eigenvalue weighted by atomic mass is 10.2. The molecule has 0 unspecified atom stereocenters. The van der Waals surface area contributed by atoms with Gasteiger partial charge in [-0.25, -0.2) is 0 Å². The zero-order chi connectivity index (χ0) is 12.7. The smallest absolute Gasteiger partial charge is 0.295 e. The van der Waals surface area contributed by atoms with Gasteiger partial charge in [-0.1, -0.05) is 5.16 Å². The molecular formula is C12H14N4O2. The molecule has 0 aliphatic heterocycles. The van der Waals surface area contributed by atoms with E-state index in [0.29, 0.717) is 5.69 Å². The molecule has 6 nitrogen and oxygen atoms in total. The van der Waals surface area contributed by atoms with Crippen LogP contribution in [0, 0.1) is 6.92 Å². The Morgan fingerprint density at radius 2 is 2.33 bits per heavy atom. The van der Waals surface area contributed by atoms with Crippen LogP contribution in [-0.4, -0.2) is 20.8 Å². The number of nitrogens with zero attached hydrogens (tertiary/aromatic N) is 3. The molecule has 2 aromatic rings. The number of hydrogen-bond acceptors (Lipinski definition) is 4. The zero-order valence-corrected chi connectivity index (χ0v) is 10.4. The molecular weight excluding hydrogens is 232 g/mol. The van der Waals surface area contributed by atoms with Gasteiger partial charge in [-0.2, -0.15) is 5.10 Å². The van der Waals surface area contributed by atoms with E-state index in [0.717, 1.165) is 36.3 Å². The molecule has 18 heavy (non-hydrogen) atoms. The minimum Gasteiger partial charge on any atom is -0.351 e. The van der Waals surface area contributed by atoms with E-state index in [9.17, 15) is 4.79 Å². The van der Waals surface area contributed by atoms with Gasteiger partial charge in [-0.3, -0.25) is 9.48 Å². The summed E-state index contributed by atoms with van der Waals surface area (Å²) < 4.78 is 6.66. The van der Waals surface area contributed by atoms with Gasteiger partial charge in [0.25, 0.3) is 5.91 Å². The summed E-state index contributed by atoms with van der Waals surface area (Å²) >= 11 is 0. The predicted octanol–water partition coefficient (Wildman–Crippen LogP) is 1.46. The summed E-state index contributed by atoms with van der Waals surface area (Å²) in [6, 6.07) is 1.62. The summed E-state index contributed by atoms with van der Waals surface area (Å²) in [6.45, 7) is 1.78.